The van der Waals surface area contributed by atoms with E-state index in [1.807, 2.05) is 0 Å². The molecule has 0 aromatic heterocycles. The van der Waals surface area contributed by atoms with Gasteiger partial charge in [-0.25, -0.2) is 0 Å². The molecule has 0 saturated heterocycles. The van der Waals surface area contributed by atoms with Gasteiger partial charge in [0.2, 0.25) is 0 Å². The summed E-state index contributed by atoms with van der Waals surface area (Å²) in [5, 5.41) is 0. The predicted molar refractivity (Wildman–Crippen MR) is 80.4 cm³/mol. The fraction of sp³-hybridized carbons (Fsp3) is 0.684. The van der Waals surface area contributed by atoms with E-state index in [-0.39, 0.29) is 0 Å². The summed E-state index contributed by atoms with van der Waals surface area (Å²) in [4.78, 5) is 0. The summed E-state index contributed by atoms with van der Waals surface area (Å²) < 4.78 is 0. The molecular formula is C19H26. The highest BCUT2D eigenvalue weighted by atomic mass is 14.5. The van der Waals surface area contributed by atoms with Crippen molar-refractivity contribution in [2.45, 2.75) is 64.7 Å². The number of aryl methyl sites for hydroxylation is 2. The minimum atomic E-state index is 0.696. The molecule has 1 aromatic rings. The van der Waals surface area contributed by atoms with Crippen LogP contribution in [-0.4, -0.2) is 0 Å². The zero-order valence-electron chi connectivity index (χ0n) is 12.4. The summed E-state index contributed by atoms with van der Waals surface area (Å²) in [5.74, 6) is 2.91. The highest BCUT2D eigenvalue weighted by Gasteiger charge is 2.50. The summed E-state index contributed by atoms with van der Waals surface area (Å²) in [7, 11) is 0. The van der Waals surface area contributed by atoms with Gasteiger partial charge in [-0.2, -0.15) is 0 Å². The van der Waals surface area contributed by atoms with Crippen molar-refractivity contribution >= 4 is 0 Å². The average molecular weight is 254 g/mol. The van der Waals surface area contributed by atoms with Crippen molar-refractivity contribution < 1.29 is 0 Å². The van der Waals surface area contributed by atoms with Gasteiger partial charge in [0.1, 0.15) is 0 Å². The maximum atomic E-state index is 2.59. The molecule has 4 rings (SSSR count). The van der Waals surface area contributed by atoms with Crippen LogP contribution in [0.1, 0.15) is 68.1 Å². The maximum absolute atomic E-state index is 2.59. The molecule has 3 aliphatic carbocycles. The van der Waals surface area contributed by atoms with E-state index in [0.717, 1.165) is 17.8 Å². The quantitative estimate of drug-likeness (QED) is 0.594. The van der Waals surface area contributed by atoms with Crippen LogP contribution in [-0.2, 0) is 6.42 Å². The van der Waals surface area contributed by atoms with E-state index in [4.69, 9.17) is 0 Å². The van der Waals surface area contributed by atoms with Crippen molar-refractivity contribution in [1.29, 1.82) is 0 Å². The summed E-state index contributed by atoms with van der Waals surface area (Å²) in [6.45, 7) is 4.93. The molecule has 0 bridgehead atoms. The van der Waals surface area contributed by atoms with E-state index < -0.39 is 0 Å². The third-order valence-corrected chi connectivity index (χ3v) is 6.75. The Morgan fingerprint density at radius 3 is 2.89 bits per heavy atom. The van der Waals surface area contributed by atoms with Crippen LogP contribution in [0.4, 0.5) is 0 Å². The van der Waals surface area contributed by atoms with Gasteiger partial charge in [0, 0.05) is 0 Å². The van der Waals surface area contributed by atoms with Crippen LogP contribution in [0.3, 0.4) is 0 Å². The highest BCUT2D eigenvalue weighted by molar-refractivity contribution is 5.40. The van der Waals surface area contributed by atoms with Gasteiger partial charge in [0.25, 0.3) is 0 Å². The van der Waals surface area contributed by atoms with Crippen LogP contribution < -0.4 is 0 Å². The van der Waals surface area contributed by atoms with Crippen molar-refractivity contribution in [1.82, 2.24) is 0 Å². The molecule has 2 fully saturated rings. The first kappa shape index (κ1) is 12.0. The van der Waals surface area contributed by atoms with Crippen LogP contribution in [0.5, 0.6) is 0 Å². The standard InChI is InChI=1S/C19H26/c1-13-5-3-6-14-8-9-15-16(18(13)14)10-12-19(2)11-4-7-17(15)19/h3,5-6,15-17H,4,7-12H2,1-2H3. The zero-order chi connectivity index (χ0) is 13.0. The minimum Gasteiger partial charge on any atom is -0.0617 e. The van der Waals surface area contributed by atoms with Crippen molar-refractivity contribution in [3.8, 4) is 0 Å². The Labute approximate surface area is 117 Å². The Morgan fingerprint density at radius 2 is 2.00 bits per heavy atom. The monoisotopic (exact) mass is 254 g/mol. The first-order valence-electron chi connectivity index (χ1n) is 8.27. The Morgan fingerprint density at radius 1 is 1.11 bits per heavy atom. The van der Waals surface area contributed by atoms with Crippen LogP contribution in [0.25, 0.3) is 0 Å². The summed E-state index contributed by atoms with van der Waals surface area (Å²) in [6.07, 6.45) is 10.2. The maximum Gasteiger partial charge on any atom is -0.0125 e. The van der Waals surface area contributed by atoms with Gasteiger partial charge in [-0.05, 0) is 85.3 Å². The molecule has 0 N–H and O–H groups in total. The Hall–Kier alpha value is -0.780. The third-order valence-electron chi connectivity index (χ3n) is 6.75. The van der Waals surface area contributed by atoms with E-state index in [1.54, 1.807) is 16.7 Å². The van der Waals surface area contributed by atoms with Crippen molar-refractivity contribution in [2.75, 3.05) is 0 Å². The molecule has 0 heteroatoms. The van der Waals surface area contributed by atoms with Crippen molar-refractivity contribution in [3.63, 3.8) is 0 Å². The van der Waals surface area contributed by atoms with Crippen LogP contribution in [0, 0.1) is 24.2 Å². The van der Waals surface area contributed by atoms with Gasteiger partial charge < -0.3 is 0 Å². The molecule has 19 heavy (non-hydrogen) atoms. The Bertz CT molecular complexity index is 501. The molecule has 0 heterocycles. The molecule has 1 aromatic carbocycles. The number of hydrogen-bond acceptors (Lipinski definition) is 0. The van der Waals surface area contributed by atoms with Crippen molar-refractivity contribution in [3.05, 3.63) is 34.9 Å². The largest absolute Gasteiger partial charge is 0.0617 e. The Kier molecular flexibility index (Phi) is 2.59. The zero-order valence-corrected chi connectivity index (χ0v) is 12.4. The summed E-state index contributed by atoms with van der Waals surface area (Å²) in [6, 6.07) is 6.99. The van der Waals surface area contributed by atoms with Crippen LogP contribution >= 0.6 is 0 Å². The van der Waals surface area contributed by atoms with Crippen LogP contribution in [0.2, 0.25) is 0 Å². The first-order chi connectivity index (χ1) is 9.19. The van der Waals surface area contributed by atoms with Gasteiger partial charge in [-0.1, -0.05) is 31.5 Å². The number of benzene rings is 1. The van der Waals surface area contributed by atoms with E-state index in [0.29, 0.717) is 5.41 Å². The second-order valence-corrected chi connectivity index (χ2v) is 7.65. The highest BCUT2D eigenvalue weighted by Crippen LogP contribution is 2.61. The lowest BCUT2D eigenvalue weighted by atomic mass is 9.55. The predicted octanol–water partition coefficient (Wildman–Crippen LogP) is 5.24. The second-order valence-electron chi connectivity index (χ2n) is 7.65. The molecular weight excluding hydrogens is 228 g/mol. The van der Waals surface area contributed by atoms with Gasteiger partial charge in [-0.15, -0.1) is 0 Å². The van der Waals surface area contributed by atoms with Gasteiger partial charge >= 0.3 is 0 Å². The fourth-order valence-corrected chi connectivity index (χ4v) is 5.85. The normalized spacial score (nSPS) is 40.4. The molecule has 2 saturated carbocycles. The Balaban J connectivity index is 1.76. The third kappa shape index (κ3) is 1.65. The van der Waals surface area contributed by atoms with Crippen LogP contribution in [0.15, 0.2) is 18.2 Å². The fourth-order valence-electron chi connectivity index (χ4n) is 5.85. The summed E-state index contributed by atoms with van der Waals surface area (Å²) >= 11 is 0. The molecule has 0 radical (unpaired) electrons. The molecule has 4 unspecified atom stereocenters. The lowest BCUT2D eigenvalue weighted by molar-refractivity contribution is 0.0596. The number of fused-ring (bicyclic) bond motifs is 5. The minimum absolute atomic E-state index is 0.696. The molecule has 0 aliphatic heterocycles. The van der Waals surface area contributed by atoms with Gasteiger partial charge in [0.15, 0.2) is 0 Å². The second kappa shape index (κ2) is 4.11. The van der Waals surface area contributed by atoms with Gasteiger partial charge in [-0.3, -0.25) is 0 Å². The smallest absolute Gasteiger partial charge is 0.0125 e. The van der Waals surface area contributed by atoms with E-state index in [2.05, 4.69) is 32.0 Å². The molecule has 0 amide bonds. The lowest BCUT2D eigenvalue weighted by Gasteiger charge is -2.49. The van der Waals surface area contributed by atoms with E-state index >= 15 is 0 Å². The molecule has 0 spiro atoms. The van der Waals surface area contributed by atoms with E-state index in [1.165, 1.54) is 44.9 Å². The van der Waals surface area contributed by atoms with Crippen molar-refractivity contribution in [2.24, 2.45) is 17.3 Å². The van der Waals surface area contributed by atoms with Gasteiger partial charge in [0.05, 0.1) is 0 Å². The molecule has 102 valence electrons. The number of rotatable bonds is 0. The lowest BCUT2D eigenvalue weighted by Crippen LogP contribution is -2.39. The average Bonchev–Trinajstić information content (AvgIpc) is 2.80. The SMILES string of the molecule is Cc1cccc2c1C1CCC3(C)CCCC3C1CC2. The molecule has 3 aliphatic rings. The topological polar surface area (TPSA) is 0 Å². The first-order valence-corrected chi connectivity index (χ1v) is 8.27. The summed E-state index contributed by atoms with van der Waals surface area (Å²) in [5.41, 5.74) is 5.69. The number of hydrogen-bond donors (Lipinski definition) is 0. The molecule has 4 atom stereocenters. The molecule has 0 nitrogen and oxygen atoms in total. The van der Waals surface area contributed by atoms with E-state index in [9.17, 15) is 0 Å².